The molecule has 1 heterocycles. The van der Waals surface area contributed by atoms with E-state index in [1.807, 2.05) is 18.2 Å². The second kappa shape index (κ2) is 8.16. The maximum absolute atomic E-state index is 12.7. The number of aryl methyl sites for hydroxylation is 1. The van der Waals surface area contributed by atoms with Crippen LogP contribution < -0.4 is 14.3 Å². The number of nitriles is 1. The van der Waals surface area contributed by atoms with Gasteiger partial charge in [-0.3, -0.25) is 9.78 Å². The van der Waals surface area contributed by atoms with E-state index in [0.717, 1.165) is 41.7 Å². The van der Waals surface area contributed by atoms with Crippen molar-refractivity contribution in [2.45, 2.75) is 31.8 Å². The van der Waals surface area contributed by atoms with Gasteiger partial charge in [0.15, 0.2) is 11.5 Å². The number of rotatable bonds is 5. The van der Waals surface area contributed by atoms with Crippen molar-refractivity contribution in [1.29, 1.82) is 5.26 Å². The van der Waals surface area contributed by atoms with Gasteiger partial charge in [0.25, 0.3) is 0 Å². The summed E-state index contributed by atoms with van der Waals surface area (Å²) in [5, 5.41) is 19.0. The Balaban J connectivity index is 1.65. The molecule has 30 heavy (non-hydrogen) atoms. The van der Waals surface area contributed by atoms with Crippen LogP contribution in [0.2, 0.25) is 0 Å². The molecule has 0 bridgehead atoms. The summed E-state index contributed by atoms with van der Waals surface area (Å²) >= 11 is 0.996. The summed E-state index contributed by atoms with van der Waals surface area (Å²) in [5.74, 6) is 0.0865. The minimum atomic E-state index is -3.05. The van der Waals surface area contributed by atoms with Crippen LogP contribution in [-0.4, -0.2) is 16.7 Å². The number of alkyl halides is 2. The summed E-state index contributed by atoms with van der Waals surface area (Å²) in [4.78, 5) is 14.3. The van der Waals surface area contributed by atoms with Crippen molar-refractivity contribution in [3.63, 3.8) is 0 Å². The number of hydrogen-bond acceptors (Lipinski definition) is 6. The van der Waals surface area contributed by atoms with Gasteiger partial charge in [0.1, 0.15) is 5.75 Å². The van der Waals surface area contributed by atoms with E-state index in [4.69, 9.17) is 10.00 Å². The summed E-state index contributed by atoms with van der Waals surface area (Å²) < 4.78 is 35.7. The number of fused-ring (bicyclic) bond motifs is 1. The number of aromatic amines is 1. The molecule has 0 amide bonds. The lowest BCUT2D eigenvalue weighted by Gasteiger charge is -2.25. The highest BCUT2D eigenvalue weighted by atomic mass is 32.1. The Kier molecular flexibility index (Phi) is 5.42. The third-order valence-electron chi connectivity index (χ3n) is 4.92. The molecule has 0 fully saturated rings. The summed E-state index contributed by atoms with van der Waals surface area (Å²) in [7, 11) is 0. The average molecular weight is 430 g/mol. The van der Waals surface area contributed by atoms with Gasteiger partial charge in [-0.2, -0.15) is 14.0 Å². The van der Waals surface area contributed by atoms with Gasteiger partial charge in [-0.05, 0) is 54.7 Å². The molecule has 2 aromatic carbocycles. The summed E-state index contributed by atoms with van der Waals surface area (Å²) in [5.41, 5.74) is 2.16. The molecular formula is C21H16F2N2O4S. The van der Waals surface area contributed by atoms with Crippen molar-refractivity contribution in [1.82, 2.24) is 4.98 Å². The van der Waals surface area contributed by atoms with Crippen LogP contribution >= 0.6 is 11.3 Å². The number of nitrogens with one attached hydrogen (secondary N) is 1. The van der Waals surface area contributed by atoms with Crippen molar-refractivity contribution in [3.05, 3.63) is 67.6 Å². The number of halogens is 2. The highest BCUT2D eigenvalue weighted by Crippen LogP contribution is 2.42. The molecule has 1 atom stereocenters. The van der Waals surface area contributed by atoms with Crippen molar-refractivity contribution >= 4 is 11.3 Å². The van der Waals surface area contributed by atoms with Gasteiger partial charge >= 0.3 is 11.5 Å². The van der Waals surface area contributed by atoms with Gasteiger partial charge in [0.05, 0.1) is 16.5 Å². The van der Waals surface area contributed by atoms with Gasteiger partial charge in [0.2, 0.25) is 5.88 Å². The monoisotopic (exact) mass is 430 g/mol. The quantitative estimate of drug-likeness (QED) is 0.602. The van der Waals surface area contributed by atoms with Gasteiger partial charge < -0.3 is 14.6 Å². The number of aromatic hydroxyl groups is 1. The molecule has 1 aliphatic rings. The number of aromatic nitrogens is 1. The second-order valence-corrected chi connectivity index (χ2v) is 7.80. The molecule has 0 saturated carbocycles. The van der Waals surface area contributed by atoms with Crippen molar-refractivity contribution < 1.29 is 23.4 Å². The number of H-pyrrole nitrogens is 1. The maximum Gasteiger partial charge on any atom is 0.387 e. The lowest BCUT2D eigenvalue weighted by Crippen LogP contribution is -2.10. The Bertz CT molecular complexity index is 1180. The third kappa shape index (κ3) is 4.00. The van der Waals surface area contributed by atoms with E-state index in [9.17, 15) is 18.7 Å². The number of nitrogens with zero attached hydrogens (tertiary/aromatic N) is 1. The molecule has 4 rings (SSSR count). The fraction of sp³-hybridized carbons (Fsp3) is 0.238. The van der Waals surface area contributed by atoms with E-state index in [0.29, 0.717) is 10.6 Å². The number of thiazole rings is 1. The molecular weight excluding hydrogens is 414 g/mol. The lowest BCUT2D eigenvalue weighted by molar-refractivity contribution is -0.0510. The van der Waals surface area contributed by atoms with Gasteiger partial charge in [-0.15, -0.1) is 0 Å². The number of ether oxygens (including phenoxy) is 2. The largest absolute Gasteiger partial charge is 0.494 e. The molecule has 0 saturated heterocycles. The van der Waals surface area contributed by atoms with Crippen LogP contribution in [0.4, 0.5) is 8.78 Å². The molecule has 2 N–H and O–H groups in total. The third-order valence-corrected chi connectivity index (χ3v) is 5.90. The Labute approximate surface area is 173 Å². The van der Waals surface area contributed by atoms with Crippen LogP contribution in [0.5, 0.6) is 23.1 Å². The lowest BCUT2D eigenvalue weighted by atomic mass is 9.82. The predicted octanol–water partition coefficient (Wildman–Crippen LogP) is 4.88. The van der Waals surface area contributed by atoms with Crippen LogP contribution in [0, 0.1) is 11.3 Å². The summed E-state index contributed by atoms with van der Waals surface area (Å²) in [6.07, 6.45) is 2.46. The van der Waals surface area contributed by atoms with Crippen molar-refractivity contribution in [3.8, 4) is 29.2 Å². The minimum Gasteiger partial charge on any atom is -0.494 e. The number of hydrogen-bond donors (Lipinski definition) is 2. The Morgan fingerprint density at radius 2 is 2.07 bits per heavy atom. The molecule has 0 spiro atoms. The van der Waals surface area contributed by atoms with Crippen LogP contribution in [-0.2, 0) is 6.42 Å². The van der Waals surface area contributed by atoms with E-state index in [1.54, 1.807) is 6.07 Å². The van der Waals surface area contributed by atoms with E-state index in [-0.39, 0.29) is 33.7 Å². The van der Waals surface area contributed by atoms with Crippen LogP contribution in [0.15, 0.2) is 41.2 Å². The van der Waals surface area contributed by atoms with Crippen molar-refractivity contribution in [2.75, 3.05) is 0 Å². The van der Waals surface area contributed by atoms with Gasteiger partial charge in [-0.1, -0.05) is 17.4 Å². The first-order chi connectivity index (χ1) is 14.4. The standard InChI is InChI=1S/C21H16F2N2O4S/c22-20(23)29-17-8-11(10-24)4-7-16(17)28-13-5-6-14-12(9-13)2-1-3-15(14)18-19(26)25-21(27)30-18/h4-9,15,20,26H,1-3H2,(H,25,27)/t15-/m1/s1. The molecule has 0 unspecified atom stereocenters. The van der Waals surface area contributed by atoms with E-state index < -0.39 is 6.61 Å². The fourth-order valence-electron chi connectivity index (χ4n) is 3.67. The molecule has 9 heteroatoms. The highest BCUT2D eigenvalue weighted by Gasteiger charge is 2.27. The molecule has 1 aliphatic carbocycles. The second-order valence-electron chi connectivity index (χ2n) is 6.79. The van der Waals surface area contributed by atoms with Gasteiger partial charge in [0, 0.05) is 12.0 Å². The first kappa shape index (κ1) is 19.9. The molecule has 1 aromatic heterocycles. The normalized spacial score (nSPS) is 15.5. The maximum atomic E-state index is 12.7. The van der Waals surface area contributed by atoms with Crippen molar-refractivity contribution in [2.24, 2.45) is 0 Å². The zero-order chi connectivity index (χ0) is 21.3. The first-order valence-corrected chi connectivity index (χ1v) is 9.98. The van der Waals surface area contributed by atoms with Gasteiger partial charge in [-0.25, -0.2) is 0 Å². The van der Waals surface area contributed by atoms with Crippen LogP contribution in [0.25, 0.3) is 0 Å². The Morgan fingerprint density at radius 1 is 1.23 bits per heavy atom. The Hall–Kier alpha value is -3.38. The van der Waals surface area contributed by atoms with Crippen LogP contribution in [0.3, 0.4) is 0 Å². The molecule has 3 aromatic rings. The summed E-state index contributed by atoms with van der Waals surface area (Å²) in [6, 6.07) is 11.3. The van der Waals surface area contributed by atoms with E-state index >= 15 is 0 Å². The molecule has 154 valence electrons. The van der Waals surface area contributed by atoms with Crippen LogP contribution in [0.1, 0.15) is 40.3 Å². The van der Waals surface area contributed by atoms with E-state index in [2.05, 4.69) is 9.72 Å². The SMILES string of the molecule is N#Cc1ccc(Oc2ccc3c(c2)CCC[C@H]3c2sc(=O)[nH]c2O)c(OC(F)F)c1. The predicted molar refractivity (Wildman–Crippen MR) is 106 cm³/mol. The van der Waals surface area contributed by atoms with E-state index in [1.165, 1.54) is 18.2 Å². The number of benzene rings is 2. The molecule has 6 nitrogen and oxygen atoms in total. The summed E-state index contributed by atoms with van der Waals surface area (Å²) in [6.45, 7) is -3.05. The zero-order valence-electron chi connectivity index (χ0n) is 15.5. The topological polar surface area (TPSA) is 95.3 Å². The fourth-order valence-corrected chi connectivity index (χ4v) is 4.55. The molecule has 0 radical (unpaired) electrons. The minimum absolute atomic E-state index is 0.0723. The highest BCUT2D eigenvalue weighted by molar-refractivity contribution is 7.09. The smallest absolute Gasteiger partial charge is 0.387 e. The average Bonchev–Trinajstić information content (AvgIpc) is 3.06. The first-order valence-electron chi connectivity index (χ1n) is 9.16. The zero-order valence-corrected chi connectivity index (χ0v) is 16.3. The molecule has 0 aliphatic heterocycles. The Morgan fingerprint density at radius 3 is 2.77 bits per heavy atom.